The highest BCUT2D eigenvalue weighted by Gasteiger charge is 2.13. The van der Waals surface area contributed by atoms with Crippen LogP contribution >= 0.6 is 0 Å². The first-order chi connectivity index (χ1) is 7.72. The predicted molar refractivity (Wildman–Crippen MR) is 60.3 cm³/mol. The summed E-state index contributed by atoms with van der Waals surface area (Å²) in [6, 6.07) is 7.34. The van der Waals surface area contributed by atoms with Crippen molar-refractivity contribution in [1.82, 2.24) is 9.55 Å². The number of aliphatic hydroxyl groups is 1. The van der Waals surface area contributed by atoms with Gasteiger partial charge in [-0.2, -0.15) is 0 Å². The van der Waals surface area contributed by atoms with E-state index in [0.717, 1.165) is 17.0 Å². The third-order valence-corrected chi connectivity index (χ3v) is 2.57. The lowest BCUT2D eigenvalue weighted by atomic mass is 10.1. The minimum atomic E-state index is -0.654. The van der Waals surface area contributed by atoms with Gasteiger partial charge in [0.25, 0.3) is 0 Å². The predicted octanol–water partition coefficient (Wildman–Crippen LogP) is 1.51. The highest BCUT2D eigenvalue weighted by atomic mass is 16.5. The number of aliphatic hydroxyl groups excluding tert-OH is 1. The third-order valence-electron chi connectivity index (χ3n) is 2.57. The molecule has 1 atom stereocenters. The maximum atomic E-state index is 10.1. The van der Waals surface area contributed by atoms with Crippen LogP contribution < -0.4 is 4.74 Å². The van der Waals surface area contributed by atoms with Crippen molar-refractivity contribution in [2.75, 3.05) is 7.11 Å². The van der Waals surface area contributed by atoms with Crippen molar-refractivity contribution in [1.29, 1.82) is 0 Å². The Morgan fingerprint density at radius 1 is 1.31 bits per heavy atom. The van der Waals surface area contributed by atoms with Crippen molar-refractivity contribution in [3.8, 4) is 5.75 Å². The molecular formula is C12H14N2O2. The number of nitrogens with zero attached hydrogens (tertiary/aromatic N) is 2. The molecule has 2 aromatic rings. The van der Waals surface area contributed by atoms with Gasteiger partial charge in [0.05, 0.1) is 25.3 Å². The molecule has 1 heterocycles. The molecule has 4 nitrogen and oxygen atoms in total. The first-order valence-corrected chi connectivity index (χ1v) is 5.00. The minimum absolute atomic E-state index is 0.654. The Hall–Kier alpha value is -1.81. The molecule has 0 saturated carbocycles. The highest BCUT2D eigenvalue weighted by Crippen LogP contribution is 2.22. The van der Waals surface area contributed by atoms with E-state index in [-0.39, 0.29) is 0 Å². The van der Waals surface area contributed by atoms with Crippen LogP contribution in [-0.4, -0.2) is 21.8 Å². The zero-order valence-electron chi connectivity index (χ0n) is 9.29. The highest BCUT2D eigenvalue weighted by molar-refractivity contribution is 5.31. The molecule has 0 saturated heterocycles. The summed E-state index contributed by atoms with van der Waals surface area (Å²) < 4.78 is 6.86. The molecular weight excluding hydrogens is 204 g/mol. The number of methoxy groups -OCH3 is 1. The van der Waals surface area contributed by atoms with E-state index in [4.69, 9.17) is 4.74 Å². The van der Waals surface area contributed by atoms with Crippen molar-refractivity contribution in [2.24, 2.45) is 7.05 Å². The lowest BCUT2D eigenvalue weighted by Crippen LogP contribution is -2.04. The van der Waals surface area contributed by atoms with E-state index in [1.165, 1.54) is 0 Å². The molecule has 0 spiro atoms. The normalized spacial score (nSPS) is 12.4. The molecule has 0 aliphatic carbocycles. The molecule has 0 amide bonds. The molecule has 0 aliphatic heterocycles. The summed E-state index contributed by atoms with van der Waals surface area (Å²) in [5.74, 6) is 0.779. The monoisotopic (exact) mass is 218 g/mol. The van der Waals surface area contributed by atoms with Gasteiger partial charge in [-0.1, -0.05) is 12.1 Å². The zero-order valence-corrected chi connectivity index (χ0v) is 9.29. The average molecular weight is 218 g/mol. The van der Waals surface area contributed by atoms with E-state index < -0.39 is 6.10 Å². The molecule has 0 radical (unpaired) electrons. The molecule has 1 aromatic heterocycles. The van der Waals surface area contributed by atoms with Gasteiger partial charge >= 0.3 is 0 Å². The van der Waals surface area contributed by atoms with E-state index >= 15 is 0 Å². The minimum Gasteiger partial charge on any atom is -0.497 e. The molecule has 1 aromatic carbocycles. The topological polar surface area (TPSA) is 47.3 Å². The van der Waals surface area contributed by atoms with E-state index in [1.807, 2.05) is 31.3 Å². The van der Waals surface area contributed by atoms with Gasteiger partial charge in [0.1, 0.15) is 11.9 Å². The molecule has 0 aliphatic rings. The van der Waals surface area contributed by atoms with E-state index in [2.05, 4.69) is 4.98 Å². The van der Waals surface area contributed by atoms with E-state index in [9.17, 15) is 5.11 Å². The number of benzene rings is 1. The van der Waals surface area contributed by atoms with Gasteiger partial charge in [-0.15, -0.1) is 0 Å². The maximum absolute atomic E-state index is 10.1. The van der Waals surface area contributed by atoms with Gasteiger partial charge in [-0.05, 0) is 17.7 Å². The van der Waals surface area contributed by atoms with Crippen molar-refractivity contribution in [3.05, 3.63) is 48.0 Å². The Morgan fingerprint density at radius 2 is 2.00 bits per heavy atom. The van der Waals surface area contributed by atoms with Crippen LogP contribution in [0.2, 0.25) is 0 Å². The van der Waals surface area contributed by atoms with Gasteiger partial charge < -0.3 is 14.4 Å². The fourth-order valence-electron chi connectivity index (χ4n) is 1.59. The van der Waals surface area contributed by atoms with Crippen LogP contribution in [0.3, 0.4) is 0 Å². The third kappa shape index (κ3) is 1.92. The Morgan fingerprint density at radius 3 is 2.50 bits per heavy atom. The van der Waals surface area contributed by atoms with Crippen LogP contribution in [0, 0.1) is 0 Å². The first kappa shape index (κ1) is 10.7. The second kappa shape index (κ2) is 4.37. The van der Waals surface area contributed by atoms with Crippen LogP contribution in [0.25, 0.3) is 0 Å². The van der Waals surface area contributed by atoms with Crippen molar-refractivity contribution in [2.45, 2.75) is 6.10 Å². The Kier molecular flexibility index (Phi) is 2.92. The fourth-order valence-corrected chi connectivity index (χ4v) is 1.59. The molecule has 84 valence electrons. The Balaban J connectivity index is 2.27. The van der Waals surface area contributed by atoms with Gasteiger partial charge in [0.15, 0.2) is 0 Å². The van der Waals surface area contributed by atoms with Gasteiger partial charge in [-0.25, -0.2) is 4.98 Å². The van der Waals surface area contributed by atoms with Gasteiger partial charge in [0, 0.05) is 7.05 Å². The van der Waals surface area contributed by atoms with Crippen LogP contribution in [-0.2, 0) is 7.05 Å². The van der Waals surface area contributed by atoms with E-state index in [0.29, 0.717) is 0 Å². The lowest BCUT2D eigenvalue weighted by Gasteiger charge is -2.11. The second-order valence-electron chi connectivity index (χ2n) is 3.61. The number of ether oxygens (including phenoxy) is 1. The quantitative estimate of drug-likeness (QED) is 0.849. The van der Waals surface area contributed by atoms with Crippen molar-refractivity contribution < 1.29 is 9.84 Å². The summed E-state index contributed by atoms with van der Waals surface area (Å²) in [7, 11) is 3.47. The van der Waals surface area contributed by atoms with Crippen LogP contribution in [0.1, 0.15) is 17.4 Å². The smallest absolute Gasteiger partial charge is 0.121 e. The largest absolute Gasteiger partial charge is 0.497 e. The number of hydrogen-bond donors (Lipinski definition) is 1. The lowest BCUT2D eigenvalue weighted by molar-refractivity contribution is 0.211. The average Bonchev–Trinajstić information content (AvgIpc) is 2.75. The fraction of sp³-hybridized carbons (Fsp3) is 0.250. The molecule has 1 unspecified atom stereocenters. The standard InChI is InChI=1S/C12H14N2O2/c1-14-8-13-7-11(14)12(15)9-3-5-10(16-2)6-4-9/h3-8,12,15H,1-2H3. The van der Waals surface area contributed by atoms with Crippen molar-refractivity contribution in [3.63, 3.8) is 0 Å². The van der Waals surface area contributed by atoms with E-state index in [1.54, 1.807) is 24.2 Å². The van der Waals surface area contributed by atoms with Gasteiger partial charge in [-0.3, -0.25) is 0 Å². The number of hydrogen-bond acceptors (Lipinski definition) is 3. The molecule has 0 fully saturated rings. The van der Waals surface area contributed by atoms with Crippen LogP contribution in [0.5, 0.6) is 5.75 Å². The molecule has 4 heteroatoms. The number of rotatable bonds is 3. The SMILES string of the molecule is COc1ccc(C(O)c2cncn2C)cc1. The Bertz CT molecular complexity index is 462. The maximum Gasteiger partial charge on any atom is 0.121 e. The zero-order chi connectivity index (χ0) is 11.5. The number of imidazole rings is 1. The van der Waals surface area contributed by atoms with Crippen molar-refractivity contribution >= 4 is 0 Å². The van der Waals surface area contributed by atoms with Gasteiger partial charge in [0.2, 0.25) is 0 Å². The first-order valence-electron chi connectivity index (χ1n) is 5.00. The van der Waals surface area contributed by atoms with Crippen LogP contribution in [0.15, 0.2) is 36.8 Å². The second-order valence-corrected chi connectivity index (χ2v) is 3.61. The number of aromatic nitrogens is 2. The molecule has 0 bridgehead atoms. The number of aryl methyl sites for hydroxylation is 1. The summed E-state index contributed by atoms with van der Waals surface area (Å²) in [4.78, 5) is 3.98. The summed E-state index contributed by atoms with van der Waals surface area (Å²) in [5, 5.41) is 10.1. The Labute approximate surface area is 94.1 Å². The summed E-state index contributed by atoms with van der Waals surface area (Å²) in [6.45, 7) is 0. The molecule has 16 heavy (non-hydrogen) atoms. The molecule has 1 N–H and O–H groups in total. The summed E-state index contributed by atoms with van der Waals surface area (Å²) >= 11 is 0. The summed E-state index contributed by atoms with van der Waals surface area (Å²) in [5.41, 5.74) is 1.59. The summed E-state index contributed by atoms with van der Waals surface area (Å²) in [6.07, 6.45) is 2.68. The van der Waals surface area contributed by atoms with Crippen LogP contribution in [0.4, 0.5) is 0 Å². The molecule has 2 rings (SSSR count).